The molecule has 8 nitrogen and oxygen atoms in total. The molecule has 0 saturated heterocycles. The minimum atomic E-state index is -4.55. The third-order valence-corrected chi connectivity index (χ3v) is 3.92. The van der Waals surface area contributed by atoms with Crippen LogP contribution in [0.4, 0.5) is 19.1 Å². The Morgan fingerprint density at radius 2 is 1.96 bits per heavy atom. The lowest BCUT2D eigenvalue weighted by molar-refractivity contribution is -0.137. The Balaban J connectivity index is 1.59. The molecule has 1 fully saturated rings. The van der Waals surface area contributed by atoms with Gasteiger partial charge in [-0.25, -0.2) is 4.68 Å². The van der Waals surface area contributed by atoms with Crippen molar-refractivity contribution in [2.45, 2.75) is 25.1 Å². The van der Waals surface area contributed by atoms with Crippen molar-refractivity contribution in [3.63, 3.8) is 0 Å². The van der Waals surface area contributed by atoms with Gasteiger partial charge in [-0.15, -0.1) is 15.3 Å². The maximum absolute atomic E-state index is 13.1. The molecule has 1 aliphatic carbocycles. The summed E-state index contributed by atoms with van der Waals surface area (Å²) >= 11 is 0. The second kappa shape index (κ2) is 5.93. The SMILES string of the molecule is O=C(Nc1nncn1C1CC1)c1cn(-c2ccccc2C(F)(F)F)nn1. The Bertz CT molecular complexity index is 958. The normalized spacial score (nSPS) is 14.4. The maximum atomic E-state index is 13.1. The number of aromatic nitrogens is 6. The third-order valence-electron chi connectivity index (χ3n) is 3.92. The van der Waals surface area contributed by atoms with Gasteiger partial charge >= 0.3 is 6.18 Å². The van der Waals surface area contributed by atoms with Gasteiger partial charge in [-0.05, 0) is 25.0 Å². The molecule has 0 spiro atoms. The van der Waals surface area contributed by atoms with Crippen LogP contribution in [0.5, 0.6) is 0 Å². The van der Waals surface area contributed by atoms with Crippen molar-refractivity contribution in [3.8, 4) is 5.69 Å². The zero-order valence-corrected chi connectivity index (χ0v) is 13.2. The molecule has 134 valence electrons. The van der Waals surface area contributed by atoms with Crippen LogP contribution in [0, 0.1) is 0 Å². The Labute approximate surface area is 144 Å². The van der Waals surface area contributed by atoms with Gasteiger partial charge in [0.25, 0.3) is 5.91 Å². The van der Waals surface area contributed by atoms with E-state index in [0.29, 0.717) is 0 Å². The number of hydrogen-bond acceptors (Lipinski definition) is 5. The molecule has 0 aliphatic heterocycles. The predicted molar refractivity (Wildman–Crippen MR) is 82.6 cm³/mol. The summed E-state index contributed by atoms with van der Waals surface area (Å²) in [5, 5.41) is 17.4. The first kappa shape index (κ1) is 16.2. The Kier molecular flexibility index (Phi) is 3.71. The summed E-state index contributed by atoms with van der Waals surface area (Å²) in [6.45, 7) is 0. The molecule has 1 amide bonds. The van der Waals surface area contributed by atoms with Gasteiger partial charge in [0.2, 0.25) is 5.95 Å². The average molecular weight is 363 g/mol. The number of halogens is 3. The number of nitrogens with one attached hydrogen (secondary N) is 1. The fourth-order valence-electron chi connectivity index (χ4n) is 2.52. The van der Waals surface area contributed by atoms with E-state index in [-0.39, 0.29) is 23.4 Å². The Hall–Kier alpha value is -3.24. The van der Waals surface area contributed by atoms with E-state index in [0.717, 1.165) is 29.8 Å². The Morgan fingerprint density at radius 3 is 2.69 bits per heavy atom. The minimum Gasteiger partial charge on any atom is -0.297 e. The highest BCUT2D eigenvalue weighted by molar-refractivity contribution is 6.01. The summed E-state index contributed by atoms with van der Waals surface area (Å²) < 4.78 is 42.0. The van der Waals surface area contributed by atoms with Crippen molar-refractivity contribution in [3.05, 3.63) is 48.0 Å². The fourth-order valence-corrected chi connectivity index (χ4v) is 2.52. The van der Waals surface area contributed by atoms with Crippen molar-refractivity contribution in [1.82, 2.24) is 29.8 Å². The number of hydrogen-bond donors (Lipinski definition) is 1. The smallest absolute Gasteiger partial charge is 0.297 e. The van der Waals surface area contributed by atoms with E-state index in [2.05, 4.69) is 25.8 Å². The van der Waals surface area contributed by atoms with E-state index >= 15 is 0 Å². The number of benzene rings is 1. The number of anilines is 1. The minimum absolute atomic E-state index is 0.132. The molecule has 2 aromatic heterocycles. The monoisotopic (exact) mass is 363 g/mol. The van der Waals surface area contributed by atoms with Crippen molar-refractivity contribution < 1.29 is 18.0 Å². The first-order valence-electron chi connectivity index (χ1n) is 7.73. The van der Waals surface area contributed by atoms with Gasteiger partial charge in [0.15, 0.2) is 5.69 Å². The van der Waals surface area contributed by atoms with Gasteiger partial charge in [-0.1, -0.05) is 17.3 Å². The van der Waals surface area contributed by atoms with Gasteiger partial charge < -0.3 is 0 Å². The molecular formula is C15H12F3N7O. The van der Waals surface area contributed by atoms with E-state index in [9.17, 15) is 18.0 Å². The summed E-state index contributed by atoms with van der Waals surface area (Å²) in [6.07, 6.45) is 0.0593. The molecule has 1 aromatic carbocycles. The summed E-state index contributed by atoms with van der Waals surface area (Å²) in [5.41, 5.74) is -1.22. The molecule has 0 bridgehead atoms. The molecule has 3 aromatic rings. The van der Waals surface area contributed by atoms with Crippen LogP contribution in [0.1, 0.15) is 34.9 Å². The van der Waals surface area contributed by atoms with Gasteiger partial charge in [0, 0.05) is 6.04 Å². The zero-order valence-electron chi connectivity index (χ0n) is 13.2. The van der Waals surface area contributed by atoms with Crippen LogP contribution < -0.4 is 5.32 Å². The molecule has 2 heterocycles. The number of alkyl halides is 3. The molecule has 1 aliphatic rings. The molecular weight excluding hydrogens is 351 g/mol. The topological polar surface area (TPSA) is 90.5 Å². The van der Waals surface area contributed by atoms with Gasteiger partial charge in [0.1, 0.15) is 6.33 Å². The van der Waals surface area contributed by atoms with E-state index in [1.807, 2.05) is 0 Å². The fraction of sp³-hybridized carbons (Fsp3) is 0.267. The number of nitrogens with zero attached hydrogens (tertiary/aromatic N) is 6. The van der Waals surface area contributed by atoms with Crippen molar-refractivity contribution in [2.75, 3.05) is 5.32 Å². The van der Waals surface area contributed by atoms with E-state index in [4.69, 9.17) is 0 Å². The number of carbonyl (C=O) groups is 1. The molecule has 0 atom stereocenters. The van der Waals surface area contributed by atoms with Crippen LogP contribution in [0.15, 0.2) is 36.8 Å². The van der Waals surface area contributed by atoms with Gasteiger partial charge in [-0.3, -0.25) is 14.7 Å². The van der Waals surface area contributed by atoms with Crippen LogP contribution in [0.2, 0.25) is 0 Å². The first-order valence-corrected chi connectivity index (χ1v) is 7.73. The quantitative estimate of drug-likeness (QED) is 0.769. The molecule has 1 saturated carbocycles. The van der Waals surface area contributed by atoms with E-state index < -0.39 is 17.6 Å². The highest BCUT2D eigenvalue weighted by atomic mass is 19.4. The number of carbonyl (C=O) groups excluding carboxylic acids is 1. The lowest BCUT2D eigenvalue weighted by Gasteiger charge is -2.11. The number of amides is 1. The van der Waals surface area contributed by atoms with Gasteiger partial charge in [-0.2, -0.15) is 13.2 Å². The van der Waals surface area contributed by atoms with Crippen LogP contribution in [-0.2, 0) is 6.18 Å². The Morgan fingerprint density at radius 1 is 1.19 bits per heavy atom. The molecule has 0 radical (unpaired) electrons. The zero-order chi connectivity index (χ0) is 18.3. The summed E-state index contributed by atoms with van der Waals surface area (Å²) in [6, 6.07) is 5.18. The molecule has 4 rings (SSSR count). The van der Waals surface area contributed by atoms with Crippen LogP contribution in [0.3, 0.4) is 0 Å². The van der Waals surface area contributed by atoms with Crippen LogP contribution in [0.25, 0.3) is 5.69 Å². The lowest BCUT2D eigenvalue weighted by Crippen LogP contribution is -2.16. The second-order valence-corrected chi connectivity index (χ2v) is 5.81. The maximum Gasteiger partial charge on any atom is 0.418 e. The summed E-state index contributed by atoms with van der Waals surface area (Å²) in [7, 11) is 0. The highest BCUT2D eigenvalue weighted by Gasteiger charge is 2.34. The number of rotatable bonds is 4. The third kappa shape index (κ3) is 3.03. The van der Waals surface area contributed by atoms with Crippen molar-refractivity contribution in [2.24, 2.45) is 0 Å². The molecule has 11 heteroatoms. The lowest BCUT2D eigenvalue weighted by atomic mass is 10.1. The van der Waals surface area contributed by atoms with E-state index in [1.54, 1.807) is 4.57 Å². The number of para-hydroxylation sites is 1. The second-order valence-electron chi connectivity index (χ2n) is 5.81. The van der Waals surface area contributed by atoms with Gasteiger partial charge in [0.05, 0.1) is 17.4 Å². The average Bonchev–Trinajstić information content (AvgIpc) is 3.15. The summed E-state index contributed by atoms with van der Waals surface area (Å²) in [4.78, 5) is 12.3. The van der Waals surface area contributed by atoms with Crippen LogP contribution >= 0.6 is 0 Å². The first-order chi connectivity index (χ1) is 12.4. The molecule has 26 heavy (non-hydrogen) atoms. The standard InChI is InChI=1S/C15H12F3N7O/c16-15(17,18)10-3-1-2-4-12(10)25-7-11(21-23-25)13(26)20-14-22-19-8-24(14)9-5-6-9/h1-4,7-9H,5-6H2,(H,20,22,26). The van der Waals surface area contributed by atoms with Crippen molar-refractivity contribution >= 4 is 11.9 Å². The van der Waals surface area contributed by atoms with Crippen molar-refractivity contribution in [1.29, 1.82) is 0 Å². The molecule has 0 unspecified atom stereocenters. The summed E-state index contributed by atoms with van der Waals surface area (Å²) in [5.74, 6) is -0.363. The largest absolute Gasteiger partial charge is 0.418 e. The molecule has 1 N–H and O–H groups in total. The van der Waals surface area contributed by atoms with E-state index in [1.165, 1.54) is 24.5 Å². The van der Waals surface area contributed by atoms with Crippen LogP contribution in [-0.4, -0.2) is 35.7 Å². The highest BCUT2D eigenvalue weighted by Crippen LogP contribution is 2.36. The predicted octanol–water partition coefficient (Wildman–Crippen LogP) is 2.46.